The molecule has 0 radical (unpaired) electrons. The number of aromatic nitrogens is 4. The highest BCUT2D eigenvalue weighted by Crippen LogP contribution is 2.24. The lowest BCUT2D eigenvalue weighted by Gasteiger charge is -2.30. The summed E-state index contributed by atoms with van der Waals surface area (Å²) < 4.78 is 0. The van der Waals surface area contributed by atoms with Gasteiger partial charge in [-0.1, -0.05) is 62.4 Å². The van der Waals surface area contributed by atoms with Crippen LogP contribution in [0.5, 0.6) is 5.75 Å². The van der Waals surface area contributed by atoms with Gasteiger partial charge in [0.25, 0.3) is 0 Å². The van der Waals surface area contributed by atoms with Crippen molar-refractivity contribution in [3.63, 3.8) is 0 Å². The molecule has 506 valence electrons. The molecule has 2 aliphatic rings. The number of aromatic amines is 3. The summed E-state index contributed by atoms with van der Waals surface area (Å²) in [5, 5.41) is 55.5. The van der Waals surface area contributed by atoms with Gasteiger partial charge in [-0.3, -0.25) is 57.7 Å². The summed E-state index contributed by atoms with van der Waals surface area (Å²) in [6, 6.07) is 7.61. The van der Waals surface area contributed by atoms with Crippen LogP contribution in [0.25, 0.3) is 21.8 Å². The zero-order valence-electron chi connectivity index (χ0n) is 52.4. The zero-order chi connectivity index (χ0) is 68.3. The van der Waals surface area contributed by atoms with E-state index in [9.17, 15) is 58.5 Å². The minimum atomic E-state index is -1.81. The minimum absolute atomic E-state index is 0.00786. The number of aliphatic hydroxyl groups excluding tert-OH is 1. The molecule has 19 N–H and O–H groups in total. The number of likely N-dealkylation sites (tertiary alicyclic amines) is 1. The van der Waals surface area contributed by atoms with E-state index >= 15 is 9.59 Å². The van der Waals surface area contributed by atoms with Crippen LogP contribution in [0.4, 0.5) is 0 Å². The lowest BCUT2D eigenvalue weighted by atomic mass is 9.99. The van der Waals surface area contributed by atoms with Crippen LogP contribution < -0.4 is 59.3 Å². The van der Waals surface area contributed by atoms with E-state index in [4.69, 9.17) is 11.5 Å². The number of phenols is 1. The van der Waals surface area contributed by atoms with E-state index in [2.05, 4.69) is 72.8 Å². The van der Waals surface area contributed by atoms with Crippen molar-refractivity contribution in [3.8, 4) is 5.75 Å². The number of phenolic OH excluding ortho intramolecular Hbond substituents is 1. The molecule has 6 aromatic rings. The van der Waals surface area contributed by atoms with Crippen LogP contribution in [0.1, 0.15) is 81.2 Å². The van der Waals surface area contributed by atoms with Crippen molar-refractivity contribution < 1.29 is 68.1 Å². The van der Waals surface area contributed by atoms with Gasteiger partial charge in [-0.2, -0.15) is 0 Å². The van der Waals surface area contributed by atoms with Crippen LogP contribution in [0.15, 0.2) is 103 Å². The normalized spacial score (nSPS) is 16.6. The number of aliphatic imine (C=N–C) groups is 1. The second-order valence-corrected chi connectivity index (χ2v) is 23.9. The number of carbonyl (C=O) groups is 11. The Hall–Kier alpha value is -10.8. The van der Waals surface area contributed by atoms with Crippen molar-refractivity contribution in [1.82, 2.24) is 72.7 Å². The molecule has 0 spiro atoms. The molecule has 2 aliphatic heterocycles. The van der Waals surface area contributed by atoms with Gasteiger partial charge >= 0.3 is 5.97 Å². The van der Waals surface area contributed by atoms with Gasteiger partial charge in [0.1, 0.15) is 66.7 Å². The van der Waals surface area contributed by atoms with Crippen molar-refractivity contribution in [1.29, 1.82) is 0 Å². The van der Waals surface area contributed by atoms with Gasteiger partial charge in [-0.15, -0.1) is 0 Å². The van der Waals surface area contributed by atoms with Crippen LogP contribution in [0, 0.1) is 5.92 Å². The number of nitrogens with zero attached hydrogens (tertiary/aromatic N) is 3. The second-order valence-electron chi connectivity index (χ2n) is 23.9. The lowest BCUT2D eigenvalue weighted by Crippen LogP contribution is -2.61. The molecule has 8 rings (SSSR count). The Balaban J connectivity index is 1.05. The standard InChI is InChI=1S/C64H81N17O14/c1-34(2)23-46(56(88)74-45(13-7-21-68-64(65)66)63(95)81-22-8-14-52(81)62(94)71-31-54(85)86)75-58(90)48(25-36-28-69-42-11-5-3-9-40(36)42)77-57(89)47(24-35-15-17-39(83)18-16-35)76-61(93)51(32-82)80-59(91)49(26-37-29-70-43-12-6-4-10-41(37)43)78-60(92)50(27-38-30-67-33-72-38)79-55(87)44-19-20-53(84)73-44/h3-6,9-12,15-18,28-30,33-34,44-52,69-70,82-83H,7-8,13-14,19-27,31-32H2,1-2H3,(H,67,72)(H,71,94)(H,73,84)(H,74,88)(H,75,90)(H,76,93)(H,77,89)(H,78,92)(H,79,87)(H,80,91)(H,85,86)(H4,65,66,68). The molecule has 10 amide bonds. The van der Waals surface area contributed by atoms with Gasteiger partial charge < -0.3 is 94.5 Å². The number of imidazole rings is 1. The summed E-state index contributed by atoms with van der Waals surface area (Å²) >= 11 is 0. The highest BCUT2D eigenvalue weighted by Gasteiger charge is 2.40. The molecule has 2 saturated heterocycles. The predicted molar refractivity (Wildman–Crippen MR) is 345 cm³/mol. The summed E-state index contributed by atoms with van der Waals surface area (Å²) in [5.74, 6) is -9.73. The number of benzene rings is 3. The number of rotatable bonds is 33. The number of hydrogen-bond donors (Lipinski definition) is 17. The van der Waals surface area contributed by atoms with Crippen LogP contribution in [0.3, 0.4) is 0 Å². The number of carbonyl (C=O) groups excluding carboxylic acids is 10. The number of aromatic hydroxyl groups is 1. The zero-order valence-corrected chi connectivity index (χ0v) is 52.4. The molecule has 9 unspecified atom stereocenters. The van der Waals surface area contributed by atoms with Crippen LogP contribution in [-0.2, 0) is 78.4 Å². The maximum Gasteiger partial charge on any atom is 0.322 e. The fourth-order valence-electron chi connectivity index (χ4n) is 11.5. The maximum atomic E-state index is 15.1. The Kier molecular flexibility index (Phi) is 24.4. The second kappa shape index (κ2) is 33.1. The van der Waals surface area contributed by atoms with E-state index in [1.54, 1.807) is 74.8 Å². The first-order valence-electron chi connectivity index (χ1n) is 31.3. The Morgan fingerprint density at radius 3 is 1.73 bits per heavy atom. The summed E-state index contributed by atoms with van der Waals surface area (Å²) in [4.78, 5) is 172. The topological polar surface area (TPSA) is 485 Å². The van der Waals surface area contributed by atoms with Gasteiger partial charge in [0.2, 0.25) is 59.1 Å². The van der Waals surface area contributed by atoms with Crippen molar-refractivity contribution in [3.05, 3.63) is 120 Å². The van der Waals surface area contributed by atoms with Crippen molar-refractivity contribution in [2.75, 3.05) is 26.2 Å². The average Bonchev–Trinajstić information content (AvgIpc) is 1.81. The summed E-state index contributed by atoms with van der Waals surface area (Å²) in [6.07, 6.45) is 6.35. The number of para-hydroxylation sites is 2. The number of hydrogen-bond acceptors (Lipinski definition) is 15. The predicted octanol–water partition coefficient (Wildman–Crippen LogP) is -1.70. The third kappa shape index (κ3) is 19.6. The van der Waals surface area contributed by atoms with E-state index in [0.717, 1.165) is 0 Å². The molecule has 0 saturated carbocycles. The number of amides is 10. The SMILES string of the molecule is CC(C)CC(NC(=O)C(Cc1c[nH]c2ccccc12)NC(=O)C(Cc1ccc(O)cc1)NC(=O)C(CO)NC(=O)C(Cc1c[nH]c2ccccc12)NC(=O)C(Cc1cnc[nH]1)NC(=O)C1CCC(=O)N1)C(=O)NC(CCCN=C(N)N)C(=O)N1CCCC1C(=O)NCC(=O)O. The van der Waals surface area contributed by atoms with E-state index in [1.165, 1.54) is 41.7 Å². The number of carboxylic acid groups (broad SMARTS) is 1. The molecule has 95 heavy (non-hydrogen) atoms. The quantitative estimate of drug-likeness (QED) is 0.0124. The van der Waals surface area contributed by atoms with E-state index < -0.39 is 127 Å². The number of H-pyrrole nitrogens is 3. The highest BCUT2D eigenvalue weighted by molar-refractivity contribution is 6.00. The lowest BCUT2D eigenvalue weighted by molar-refractivity contribution is -0.143. The molecule has 0 aliphatic carbocycles. The smallest absolute Gasteiger partial charge is 0.322 e. The number of aliphatic hydroxyl groups is 1. The molecule has 5 heterocycles. The highest BCUT2D eigenvalue weighted by atomic mass is 16.4. The first-order valence-corrected chi connectivity index (χ1v) is 31.3. The van der Waals surface area contributed by atoms with Gasteiger partial charge in [-0.05, 0) is 85.4 Å². The fourth-order valence-corrected chi connectivity index (χ4v) is 11.5. The number of nitrogens with one attached hydrogen (secondary N) is 12. The fraction of sp³-hybridized carbons (Fsp3) is 0.422. The molecule has 3 aromatic heterocycles. The van der Waals surface area contributed by atoms with Crippen LogP contribution in [-0.4, -0.2) is 192 Å². The summed E-state index contributed by atoms with van der Waals surface area (Å²) in [6.45, 7) is 2.04. The monoisotopic (exact) mass is 1310 g/mol. The Bertz CT molecular complexity index is 3750. The molecule has 3 aromatic carbocycles. The van der Waals surface area contributed by atoms with Crippen molar-refractivity contribution in [2.24, 2.45) is 22.4 Å². The third-order valence-corrected chi connectivity index (χ3v) is 16.4. The van der Waals surface area contributed by atoms with Crippen molar-refractivity contribution >= 4 is 92.8 Å². The first-order chi connectivity index (χ1) is 45.5. The molecular formula is C64H81N17O14. The Morgan fingerprint density at radius 1 is 0.653 bits per heavy atom. The molecule has 31 heteroatoms. The minimum Gasteiger partial charge on any atom is -0.508 e. The third-order valence-electron chi connectivity index (χ3n) is 16.4. The Morgan fingerprint density at radius 2 is 1.19 bits per heavy atom. The van der Waals surface area contributed by atoms with Crippen molar-refractivity contribution in [2.45, 2.75) is 139 Å². The average molecular weight is 1310 g/mol. The summed E-state index contributed by atoms with van der Waals surface area (Å²) in [7, 11) is 0. The van der Waals surface area contributed by atoms with Crippen LogP contribution >= 0.6 is 0 Å². The maximum absolute atomic E-state index is 15.1. The number of carboxylic acids is 1. The van der Waals surface area contributed by atoms with Gasteiger partial charge in [0.05, 0.1) is 12.9 Å². The number of fused-ring (bicyclic) bond motifs is 2. The van der Waals surface area contributed by atoms with E-state index in [1.807, 2.05) is 0 Å². The number of aliphatic carboxylic acids is 1. The molecule has 2 fully saturated rings. The molecule has 0 bridgehead atoms. The van der Waals surface area contributed by atoms with E-state index in [0.29, 0.717) is 50.6 Å². The first kappa shape index (κ1) is 70.0. The van der Waals surface area contributed by atoms with E-state index in [-0.39, 0.29) is 101 Å². The number of guanidine groups is 1. The largest absolute Gasteiger partial charge is 0.508 e. The summed E-state index contributed by atoms with van der Waals surface area (Å²) in [5.41, 5.74) is 14.5. The van der Waals surface area contributed by atoms with Gasteiger partial charge in [0.15, 0.2) is 5.96 Å². The molecule has 9 atom stereocenters. The van der Waals surface area contributed by atoms with Crippen LogP contribution in [0.2, 0.25) is 0 Å². The van der Waals surface area contributed by atoms with Gasteiger partial charge in [0, 0.05) is 91.3 Å². The Labute approximate surface area is 544 Å². The molecular weight excluding hydrogens is 1230 g/mol. The molecule has 31 nitrogen and oxygen atoms in total. The van der Waals surface area contributed by atoms with Gasteiger partial charge in [-0.25, -0.2) is 4.98 Å². The number of nitrogens with two attached hydrogens (primary N) is 2.